The Morgan fingerprint density at radius 2 is 1.25 bits per heavy atom. The predicted molar refractivity (Wildman–Crippen MR) is 22.6 cm³/mol. The second kappa shape index (κ2) is 8.82. The molecule has 0 aromatic rings. The fourth-order valence-corrected chi connectivity index (χ4v) is 0. The molecule has 0 heterocycles. The molecule has 2 unspecified atom stereocenters. The van der Waals surface area contributed by atoms with Gasteiger partial charge >= 0.3 is 0 Å². The summed E-state index contributed by atoms with van der Waals surface area (Å²) in [5.74, 6) is 0. The van der Waals surface area contributed by atoms with Crippen LogP contribution < -0.4 is 4.86 Å². The summed E-state index contributed by atoms with van der Waals surface area (Å²) in [7, 11) is 4.58. The van der Waals surface area contributed by atoms with Crippen LogP contribution in [0.25, 0.3) is 0 Å². The van der Waals surface area contributed by atoms with E-state index < -0.39 is 0 Å². The molecule has 2 atom stereocenters. The van der Waals surface area contributed by atoms with Gasteiger partial charge in [0.1, 0.15) is 0 Å². The number of rotatable bonds is 0. The second-order valence-electron chi connectivity index (χ2n) is 0.167. The van der Waals surface area contributed by atoms with Gasteiger partial charge in [-0.1, -0.05) is 18.8 Å². The molecule has 0 aliphatic rings. The molecule has 0 saturated carbocycles. The van der Waals surface area contributed by atoms with E-state index in [9.17, 15) is 0 Å². The Morgan fingerprint density at radius 3 is 1.25 bits per heavy atom. The molecule has 0 bridgehead atoms. The van der Waals surface area contributed by atoms with E-state index in [1.165, 1.54) is 0 Å². The minimum atomic E-state index is 0. The van der Waals surface area contributed by atoms with Crippen molar-refractivity contribution in [3.8, 4) is 0 Å². The van der Waals surface area contributed by atoms with Gasteiger partial charge in [-0.3, -0.25) is 4.86 Å². The summed E-state index contributed by atoms with van der Waals surface area (Å²) >= 11 is 0. The maximum Gasteiger partial charge on any atom is 0 e. The fraction of sp³-hybridized carbons (Fsp3) is 0. The second-order valence-corrected chi connectivity index (χ2v) is 1.50. The Kier molecular flexibility index (Phi) is 20.0. The van der Waals surface area contributed by atoms with Crippen LogP contribution in [0, 0.1) is 0 Å². The average molecular weight is 273 g/mol. The van der Waals surface area contributed by atoms with Gasteiger partial charge in [0.15, 0.2) is 0 Å². The first-order chi connectivity index (χ1) is 1.41. The van der Waals surface area contributed by atoms with Crippen molar-refractivity contribution < 1.29 is 20.1 Å². The predicted octanol–water partition coefficient (Wildman–Crippen LogP) is 0.154. The van der Waals surface area contributed by atoms with Gasteiger partial charge in [-0.15, -0.1) is 0 Å². The molecule has 0 saturated heterocycles. The number of nitrogens with one attached hydrogen (secondary N) is 1. The van der Waals surface area contributed by atoms with Gasteiger partial charge in [-0.25, -0.2) is 0 Å². The molecule has 4 heavy (non-hydrogen) atoms. The molecule has 4 heteroatoms. The van der Waals surface area contributed by atoms with Crippen LogP contribution in [0.3, 0.4) is 0 Å². The van der Waals surface area contributed by atoms with Crippen molar-refractivity contribution in [1.82, 2.24) is 4.86 Å². The van der Waals surface area contributed by atoms with Crippen LogP contribution in [0.15, 0.2) is 0 Å². The van der Waals surface area contributed by atoms with Crippen molar-refractivity contribution >= 4 is 18.8 Å². The molecule has 0 rings (SSSR count). The van der Waals surface area contributed by atoms with Gasteiger partial charge in [-0.2, -0.15) is 0 Å². The van der Waals surface area contributed by atoms with Crippen LogP contribution in [-0.2, 0) is 20.1 Å². The zero-order valence-corrected chi connectivity index (χ0v) is 6.69. The van der Waals surface area contributed by atoms with Gasteiger partial charge in [0.25, 0.3) is 0 Å². The van der Waals surface area contributed by atoms with E-state index in [4.69, 9.17) is 0 Å². The SMILES string of the molecule is PNP.[Ir]. The molecule has 1 nitrogen and oxygen atoms in total. The Bertz CT molecular complexity index is 6.00. The number of hydrogen-bond donors (Lipinski definition) is 1. The third-order valence-electron chi connectivity index (χ3n) is 0. The van der Waals surface area contributed by atoms with Crippen LogP contribution in [0.4, 0.5) is 0 Å². The molecule has 1 radical (unpaired) electrons. The molecule has 0 fully saturated rings. The third kappa shape index (κ3) is 9.80. The summed E-state index contributed by atoms with van der Waals surface area (Å²) in [6.45, 7) is 0. The van der Waals surface area contributed by atoms with Crippen molar-refractivity contribution in [2.24, 2.45) is 0 Å². The maximum atomic E-state index is 2.58. The Hall–Kier alpha value is 1.47. The van der Waals surface area contributed by atoms with E-state index in [1.54, 1.807) is 0 Å². The summed E-state index contributed by atoms with van der Waals surface area (Å²) in [5.41, 5.74) is 0. The first-order valence-electron chi connectivity index (χ1n) is 0.577. The fourth-order valence-electron chi connectivity index (χ4n) is 0. The minimum absolute atomic E-state index is 0. The normalized spacial score (nSPS) is 4.50. The summed E-state index contributed by atoms with van der Waals surface area (Å²) in [6, 6.07) is 0. The molecular formula is H5IrNP2. The van der Waals surface area contributed by atoms with E-state index in [0.29, 0.717) is 0 Å². The number of hydrogen-bond acceptors (Lipinski definition) is 1. The van der Waals surface area contributed by atoms with E-state index in [2.05, 4.69) is 23.6 Å². The monoisotopic (exact) mass is 274 g/mol. The molecule has 0 amide bonds. The molecule has 29 valence electrons. The Labute approximate surface area is 44.2 Å². The first kappa shape index (κ1) is 9.08. The van der Waals surface area contributed by atoms with Gasteiger partial charge in [0.2, 0.25) is 0 Å². The van der Waals surface area contributed by atoms with Crippen molar-refractivity contribution in [2.45, 2.75) is 0 Å². The zero-order chi connectivity index (χ0) is 2.71. The first-order valence-corrected chi connectivity index (χ1v) is 1.73. The quantitative estimate of drug-likeness (QED) is 0.620. The molecule has 1 N–H and O–H groups in total. The molecule has 0 spiro atoms. The van der Waals surface area contributed by atoms with Gasteiger partial charge in [0.05, 0.1) is 0 Å². The van der Waals surface area contributed by atoms with Crippen molar-refractivity contribution in [3.05, 3.63) is 0 Å². The van der Waals surface area contributed by atoms with E-state index in [0.717, 1.165) is 0 Å². The maximum absolute atomic E-state index is 2.58. The van der Waals surface area contributed by atoms with Crippen molar-refractivity contribution in [2.75, 3.05) is 0 Å². The molecule has 0 aromatic carbocycles. The van der Waals surface area contributed by atoms with Crippen LogP contribution >= 0.6 is 18.8 Å². The van der Waals surface area contributed by atoms with Crippen molar-refractivity contribution in [3.63, 3.8) is 0 Å². The molecular weight excluding hydrogens is 268 g/mol. The van der Waals surface area contributed by atoms with Crippen LogP contribution in [0.5, 0.6) is 0 Å². The van der Waals surface area contributed by atoms with Crippen LogP contribution in [0.2, 0.25) is 0 Å². The standard InChI is InChI=1S/Ir.H5NP2/c;2-1-3/h;1H,2-3H2. The topological polar surface area (TPSA) is 12.0 Å². The van der Waals surface area contributed by atoms with Crippen LogP contribution in [-0.4, -0.2) is 0 Å². The van der Waals surface area contributed by atoms with Gasteiger partial charge in [0, 0.05) is 20.1 Å². The molecule has 0 aliphatic carbocycles. The van der Waals surface area contributed by atoms with E-state index in [1.807, 2.05) is 0 Å². The minimum Gasteiger partial charge on any atom is -0.285 e. The van der Waals surface area contributed by atoms with E-state index in [-0.39, 0.29) is 20.1 Å². The van der Waals surface area contributed by atoms with Crippen molar-refractivity contribution in [1.29, 1.82) is 0 Å². The zero-order valence-electron chi connectivity index (χ0n) is 1.99. The summed E-state index contributed by atoms with van der Waals surface area (Å²) in [6.07, 6.45) is 0. The van der Waals surface area contributed by atoms with Gasteiger partial charge < -0.3 is 0 Å². The summed E-state index contributed by atoms with van der Waals surface area (Å²) in [5, 5.41) is 0. The average Bonchev–Trinajstić information content (AvgIpc) is 0.918. The van der Waals surface area contributed by atoms with Crippen LogP contribution in [0.1, 0.15) is 0 Å². The Morgan fingerprint density at radius 1 is 1.25 bits per heavy atom. The van der Waals surface area contributed by atoms with E-state index >= 15 is 0 Å². The smallest absolute Gasteiger partial charge is 0 e. The van der Waals surface area contributed by atoms with Gasteiger partial charge in [-0.05, 0) is 0 Å². The summed E-state index contributed by atoms with van der Waals surface area (Å²) < 4.78 is 0. The third-order valence-corrected chi connectivity index (χ3v) is 0. The molecule has 0 aliphatic heterocycles. The molecule has 0 aromatic heterocycles. The summed E-state index contributed by atoms with van der Waals surface area (Å²) in [4.78, 5) is 2.58. The Balaban J connectivity index is 0. The largest absolute Gasteiger partial charge is 0.285 e.